The maximum absolute atomic E-state index is 9.80. The molecule has 2 fully saturated rings. The van der Waals surface area contributed by atoms with Crippen LogP contribution in [0.2, 0.25) is 0 Å². The summed E-state index contributed by atoms with van der Waals surface area (Å²) in [5.41, 5.74) is 2.72. The number of benzene rings is 2. The van der Waals surface area contributed by atoms with E-state index in [1.807, 2.05) is 12.1 Å². The molecule has 3 unspecified atom stereocenters. The van der Waals surface area contributed by atoms with Crippen molar-refractivity contribution in [3.63, 3.8) is 0 Å². The lowest BCUT2D eigenvalue weighted by molar-refractivity contribution is 0.113. The van der Waals surface area contributed by atoms with Crippen molar-refractivity contribution in [2.45, 2.75) is 50.2 Å². The smallest absolute Gasteiger partial charge is 0.115 e. The maximum atomic E-state index is 9.80. The van der Waals surface area contributed by atoms with Gasteiger partial charge in [-0.1, -0.05) is 42.5 Å². The lowest BCUT2D eigenvalue weighted by Gasteiger charge is -2.40. The molecular formula is C20H24BrNO. The van der Waals surface area contributed by atoms with Crippen LogP contribution in [0.15, 0.2) is 54.6 Å². The molecule has 2 aliphatic rings. The number of rotatable bonds is 3. The van der Waals surface area contributed by atoms with Crippen LogP contribution >= 0.6 is 17.0 Å². The SMILES string of the molecule is Br.Oc1cccc(C2CCC3CCC2N3Cc2ccccc2)c1. The monoisotopic (exact) mass is 373 g/mol. The summed E-state index contributed by atoms with van der Waals surface area (Å²) >= 11 is 0. The highest BCUT2D eigenvalue weighted by Crippen LogP contribution is 2.45. The first-order valence-corrected chi connectivity index (χ1v) is 8.40. The van der Waals surface area contributed by atoms with Crippen LogP contribution in [0.3, 0.4) is 0 Å². The van der Waals surface area contributed by atoms with Gasteiger partial charge in [0.2, 0.25) is 0 Å². The molecule has 2 nitrogen and oxygen atoms in total. The summed E-state index contributed by atoms with van der Waals surface area (Å²) in [7, 11) is 0. The topological polar surface area (TPSA) is 23.5 Å². The lowest BCUT2D eigenvalue weighted by Crippen LogP contribution is -2.43. The van der Waals surface area contributed by atoms with Crippen LogP contribution in [0.25, 0.3) is 0 Å². The fourth-order valence-electron chi connectivity index (χ4n) is 4.46. The van der Waals surface area contributed by atoms with Crippen LogP contribution in [0.5, 0.6) is 5.75 Å². The molecule has 2 aromatic rings. The summed E-state index contributed by atoms with van der Waals surface area (Å²) in [6.07, 6.45) is 5.15. The van der Waals surface area contributed by atoms with Gasteiger partial charge in [0.15, 0.2) is 0 Å². The van der Waals surface area contributed by atoms with Gasteiger partial charge in [-0.3, -0.25) is 4.90 Å². The molecule has 0 aliphatic carbocycles. The molecule has 23 heavy (non-hydrogen) atoms. The van der Waals surface area contributed by atoms with Gasteiger partial charge in [-0.25, -0.2) is 0 Å². The molecule has 1 N–H and O–H groups in total. The molecule has 3 atom stereocenters. The Kier molecular flexibility index (Phi) is 5.08. The van der Waals surface area contributed by atoms with Crippen molar-refractivity contribution in [1.29, 1.82) is 0 Å². The van der Waals surface area contributed by atoms with Crippen molar-refractivity contribution in [2.24, 2.45) is 0 Å². The van der Waals surface area contributed by atoms with Crippen molar-refractivity contribution in [1.82, 2.24) is 4.90 Å². The summed E-state index contributed by atoms with van der Waals surface area (Å²) in [6, 6.07) is 20.1. The fraction of sp³-hybridized carbons (Fsp3) is 0.400. The van der Waals surface area contributed by atoms with Crippen LogP contribution in [-0.4, -0.2) is 22.1 Å². The minimum atomic E-state index is 0. The van der Waals surface area contributed by atoms with E-state index in [4.69, 9.17) is 0 Å². The average Bonchev–Trinajstić information content (AvgIpc) is 2.80. The Morgan fingerprint density at radius 2 is 1.70 bits per heavy atom. The van der Waals surface area contributed by atoms with Crippen molar-refractivity contribution in [3.8, 4) is 5.75 Å². The van der Waals surface area contributed by atoms with E-state index in [2.05, 4.69) is 41.3 Å². The zero-order valence-corrected chi connectivity index (χ0v) is 15.0. The number of nitrogens with zero attached hydrogens (tertiary/aromatic N) is 1. The van der Waals surface area contributed by atoms with E-state index in [0.29, 0.717) is 17.7 Å². The molecule has 0 aromatic heterocycles. The number of phenolic OH excluding ortho intramolecular Hbond substituents is 1. The summed E-state index contributed by atoms with van der Waals surface area (Å²) in [5.74, 6) is 0.960. The zero-order valence-electron chi connectivity index (χ0n) is 13.3. The highest BCUT2D eigenvalue weighted by atomic mass is 79.9. The summed E-state index contributed by atoms with van der Waals surface area (Å²) in [6.45, 7) is 1.06. The van der Waals surface area contributed by atoms with E-state index in [9.17, 15) is 5.11 Å². The van der Waals surface area contributed by atoms with E-state index in [-0.39, 0.29) is 17.0 Å². The Balaban J connectivity index is 0.00000156. The van der Waals surface area contributed by atoms with E-state index >= 15 is 0 Å². The zero-order chi connectivity index (χ0) is 14.9. The second kappa shape index (κ2) is 7.06. The Bertz CT molecular complexity index is 645. The Labute approximate surface area is 148 Å². The Hall–Kier alpha value is -1.32. The summed E-state index contributed by atoms with van der Waals surface area (Å²) in [4.78, 5) is 2.72. The van der Waals surface area contributed by atoms with Crippen LogP contribution in [0, 0.1) is 0 Å². The van der Waals surface area contributed by atoms with E-state index in [0.717, 1.165) is 12.6 Å². The van der Waals surface area contributed by atoms with E-state index < -0.39 is 0 Å². The predicted octanol–water partition coefficient (Wildman–Crippen LogP) is 4.88. The van der Waals surface area contributed by atoms with Crippen molar-refractivity contribution in [3.05, 3.63) is 65.7 Å². The molecule has 0 radical (unpaired) electrons. The molecule has 0 spiro atoms. The minimum absolute atomic E-state index is 0. The molecule has 2 aliphatic heterocycles. The van der Waals surface area contributed by atoms with Crippen LogP contribution in [-0.2, 0) is 6.54 Å². The molecule has 2 heterocycles. The van der Waals surface area contributed by atoms with Gasteiger partial charge in [0.25, 0.3) is 0 Å². The molecule has 122 valence electrons. The third-order valence-electron chi connectivity index (χ3n) is 5.47. The lowest BCUT2D eigenvalue weighted by atomic mass is 9.84. The predicted molar refractivity (Wildman–Crippen MR) is 99.2 cm³/mol. The van der Waals surface area contributed by atoms with Gasteiger partial charge in [0, 0.05) is 18.6 Å². The van der Waals surface area contributed by atoms with Gasteiger partial charge in [-0.05, 0) is 54.9 Å². The molecular weight excluding hydrogens is 350 g/mol. The number of fused-ring (bicyclic) bond motifs is 2. The van der Waals surface area contributed by atoms with Crippen molar-refractivity contribution in [2.75, 3.05) is 0 Å². The Morgan fingerprint density at radius 1 is 0.913 bits per heavy atom. The first kappa shape index (κ1) is 16.5. The molecule has 2 aromatic carbocycles. The number of aromatic hydroxyl groups is 1. The van der Waals surface area contributed by atoms with Gasteiger partial charge in [-0.2, -0.15) is 0 Å². The van der Waals surface area contributed by atoms with Crippen LogP contribution in [0.1, 0.15) is 42.7 Å². The molecule has 0 saturated carbocycles. The molecule has 2 bridgehead atoms. The van der Waals surface area contributed by atoms with Gasteiger partial charge in [0.1, 0.15) is 5.75 Å². The van der Waals surface area contributed by atoms with Gasteiger partial charge in [0.05, 0.1) is 0 Å². The number of hydrogen-bond acceptors (Lipinski definition) is 2. The first-order chi connectivity index (χ1) is 10.8. The normalized spacial score (nSPS) is 26.7. The highest BCUT2D eigenvalue weighted by molar-refractivity contribution is 8.93. The first-order valence-electron chi connectivity index (χ1n) is 8.40. The molecule has 4 rings (SSSR count). The molecule has 3 heteroatoms. The number of hydrogen-bond donors (Lipinski definition) is 1. The third kappa shape index (κ3) is 3.31. The fourth-order valence-corrected chi connectivity index (χ4v) is 4.46. The van der Waals surface area contributed by atoms with Gasteiger partial charge in [-0.15, -0.1) is 17.0 Å². The number of halogens is 1. The minimum Gasteiger partial charge on any atom is -0.508 e. The van der Waals surface area contributed by atoms with E-state index in [1.165, 1.54) is 36.8 Å². The second-order valence-corrected chi connectivity index (χ2v) is 6.74. The number of phenols is 1. The molecule has 2 saturated heterocycles. The quantitative estimate of drug-likeness (QED) is 0.828. The second-order valence-electron chi connectivity index (χ2n) is 6.74. The third-order valence-corrected chi connectivity index (χ3v) is 5.47. The van der Waals surface area contributed by atoms with Gasteiger partial charge >= 0.3 is 0 Å². The van der Waals surface area contributed by atoms with Crippen LogP contribution in [0.4, 0.5) is 0 Å². The summed E-state index contributed by atoms with van der Waals surface area (Å²) < 4.78 is 0. The number of piperidine rings is 1. The van der Waals surface area contributed by atoms with E-state index in [1.54, 1.807) is 6.07 Å². The molecule has 0 amide bonds. The summed E-state index contributed by atoms with van der Waals surface area (Å²) in [5, 5.41) is 9.80. The largest absolute Gasteiger partial charge is 0.508 e. The average molecular weight is 374 g/mol. The van der Waals surface area contributed by atoms with Crippen molar-refractivity contribution < 1.29 is 5.11 Å². The highest BCUT2D eigenvalue weighted by Gasteiger charge is 2.42. The van der Waals surface area contributed by atoms with Crippen molar-refractivity contribution >= 4 is 17.0 Å². The standard InChI is InChI=1S/C20H23NO.BrH/c22-18-8-4-7-16(13-18)19-11-9-17-10-12-20(19)21(17)14-15-5-2-1-3-6-15;/h1-8,13,17,19-20,22H,9-12,14H2;1H. The Morgan fingerprint density at radius 3 is 2.48 bits per heavy atom. The van der Waals surface area contributed by atoms with Gasteiger partial charge < -0.3 is 5.11 Å². The maximum Gasteiger partial charge on any atom is 0.115 e. The van der Waals surface area contributed by atoms with Crippen LogP contribution < -0.4 is 0 Å².